The van der Waals surface area contributed by atoms with E-state index in [2.05, 4.69) is 21.0 Å². The van der Waals surface area contributed by atoms with E-state index in [0.29, 0.717) is 5.02 Å². The summed E-state index contributed by atoms with van der Waals surface area (Å²) in [6.45, 7) is 6.00. The van der Waals surface area contributed by atoms with Gasteiger partial charge in [0.1, 0.15) is 0 Å². The Hall–Kier alpha value is -0.840. The zero-order chi connectivity index (χ0) is 14.2. The van der Waals surface area contributed by atoms with Crippen molar-refractivity contribution in [1.82, 2.24) is 9.78 Å². The summed E-state index contributed by atoms with van der Waals surface area (Å²) < 4.78 is 2.95. The van der Waals surface area contributed by atoms with Crippen LogP contribution < -0.4 is 5.73 Å². The van der Waals surface area contributed by atoms with Crippen LogP contribution in [0, 0.1) is 13.8 Å². The Labute approximate surface area is 126 Å². The maximum Gasteiger partial charge on any atom is 0.0743 e. The zero-order valence-corrected chi connectivity index (χ0v) is 13.6. The third-order valence-electron chi connectivity index (χ3n) is 3.02. The van der Waals surface area contributed by atoms with Crippen LogP contribution in [-0.2, 0) is 6.42 Å². The summed E-state index contributed by atoms with van der Waals surface area (Å²) in [5.41, 5.74) is 10.1. The summed E-state index contributed by atoms with van der Waals surface area (Å²) in [4.78, 5) is 0. The minimum absolute atomic E-state index is 0.0975. The Kier molecular flexibility index (Phi) is 4.33. The average Bonchev–Trinajstić information content (AvgIpc) is 2.59. The molecule has 2 N–H and O–H groups in total. The quantitative estimate of drug-likeness (QED) is 0.922. The number of hydrogen-bond donors (Lipinski definition) is 1. The van der Waals surface area contributed by atoms with Crippen LogP contribution >= 0.6 is 27.5 Å². The van der Waals surface area contributed by atoms with E-state index in [1.54, 1.807) is 0 Å². The van der Waals surface area contributed by atoms with Gasteiger partial charge >= 0.3 is 0 Å². The van der Waals surface area contributed by atoms with E-state index in [4.69, 9.17) is 17.3 Å². The third kappa shape index (κ3) is 3.02. The molecule has 102 valence electrons. The number of hydrogen-bond acceptors (Lipinski definition) is 2. The van der Waals surface area contributed by atoms with Gasteiger partial charge in [0.2, 0.25) is 0 Å². The molecule has 0 saturated carbocycles. The van der Waals surface area contributed by atoms with E-state index in [0.717, 1.165) is 33.5 Å². The van der Waals surface area contributed by atoms with Crippen molar-refractivity contribution in [2.75, 3.05) is 0 Å². The van der Waals surface area contributed by atoms with Gasteiger partial charge in [0.15, 0.2) is 0 Å². The molecule has 3 nitrogen and oxygen atoms in total. The van der Waals surface area contributed by atoms with Crippen molar-refractivity contribution < 1.29 is 0 Å². The van der Waals surface area contributed by atoms with Crippen molar-refractivity contribution in [3.8, 4) is 5.69 Å². The fourth-order valence-corrected chi connectivity index (χ4v) is 2.53. The molecule has 2 aromatic rings. The van der Waals surface area contributed by atoms with E-state index >= 15 is 0 Å². The lowest BCUT2D eigenvalue weighted by molar-refractivity contribution is 0.724. The molecule has 2 rings (SSSR count). The van der Waals surface area contributed by atoms with Crippen LogP contribution in [-0.4, -0.2) is 15.8 Å². The minimum atomic E-state index is 0.0975. The van der Waals surface area contributed by atoms with Gasteiger partial charge in [-0.1, -0.05) is 17.7 Å². The van der Waals surface area contributed by atoms with E-state index < -0.39 is 0 Å². The van der Waals surface area contributed by atoms with E-state index in [1.165, 1.54) is 0 Å². The van der Waals surface area contributed by atoms with Crippen molar-refractivity contribution in [2.24, 2.45) is 5.73 Å². The molecular weight excluding hydrogens is 326 g/mol. The molecule has 0 spiro atoms. The van der Waals surface area contributed by atoms with Gasteiger partial charge in [-0.15, -0.1) is 0 Å². The molecule has 5 heteroatoms. The molecule has 0 aliphatic heterocycles. The normalized spacial score (nSPS) is 12.7. The van der Waals surface area contributed by atoms with Gasteiger partial charge in [-0.25, -0.2) is 4.68 Å². The van der Waals surface area contributed by atoms with Crippen molar-refractivity contribution in [3.63, 3.8) is 0 Å². The summed E-state index contributed by atoms with van der Waals surface area (Å²) in [5.74, 6) is 0. The van der Waals surface area contributed by atoms with E-state index in [-0.39, 0.29) is 6.04 Å². The predicted molar refractivity (Wildman–Crippen MR) is 83.1 cm³/mol. The number of nitrogens with two attached hydrogens (primary N) is 1. The van der Waals surface area contributed by atoms with E-state index in [9.17, 15) is 0 Å². The van der Waals surface area contributed by atoms with Crippen LogP contribution in [0.15, 0.2) is 22.7 Å². The third-order valence-corrected chi connectivity index (χ3v) is 4.40. The molecule has 0 radical (unpaired) electrons. The largest absolute Gasteiger partial charge is 0.328 e. The molecule has 0 saturated heterocycles. The molecular formula is C14H17BrClN3. The lowest BCUT2D eigenvalue weighted by Gasteiger charge is -2.13. The van der Waals surface area contributed by atoms with Gasteiger partial charge in [0, 0.05) is 11.1 Å². The molecule has 0 fully saturated rings. The first-order chi connectivity index (χ1) is 8.90. The number of aromatic nitrogens is 2. The highest BCUT2D eigenvalue weighted by atomic mass is 79.9. The van der Waals surface area contributed by atoms with Gasteiger partial charge in [0.25, 0.3) is 0 Å². The predicted octanol–water partition coefficient (Wildman–Crippen LogP) is 3.79. The Morgan fingerprint density at radius 3 is 2.63 bits per heavy atom. The second-order valence-electron chi connectivity index (χ2n) is 4.85. The highest BCUT2D eigenvalue weighted by Gasteiger charge is 2.14. The average molecular weight is 343 g/mol. The van der Waals surface area contributed by atoms with Crippen LogP contribution in [0.5, 0.6) is 0 Å². The van der Waals surface area contributed by atoms with Gasteiger partial charge in [-0.05, 0) is 60.8 Å². The van der Waals surface area contributed by atoms with Crippen molar-refractivity contribution in [3.05, 3.63) is 44.6 Å². The molecule has 1 unspecified atom stereocenters. The first-order valence-corrected chi connectivity index (χ1v) is 7.33. The zero-order valence-electron chi connectivity index (χ0n) is 11.2. The Morgan fingerprint density at radius 2 is 2.11 bits per heavy atom. The molecule has 0 aliphatic carbocycles. The van der Waals surface area contributed by atoms with Crippen LogP contribution in [0.3, 0.4) is 0 Å². The van der Waals surface area contributed by atoms with Crippen LogP contribution in [0.1, 0.15) is 23.9 Å². The van der Waals surface area contributed by atoms with Gasteiger partial charge in [-0.2, -0.15) is 5.10 Å². The van der Waals surface area contributed by atoms with Crippen molar-refractivity contribution >= 4 is 27.5 Å². The number of benzene rings is 1. The van der Waals surface area contributed by atoms with Crippen molar-refractivity contribution in [1.29, 1.82) is 0 Å². The lowest BCUT2D eigenvalue weighted by atomic mass is 10.1. The first kappa shape index (κ1) is 14.6. The van der Waals surface area contributed by atoms with Gasteiger partial charge < -0.3 is 5.73 Å². The molecule has 1 aromatic heterocycles. The van der Waals surface area contributed by atoms with Gasteiger partial charge in [-0.3, -0.25) is 0 Å². The molecule has 0 amide bonds. The molecule has 1 aromatic carbocycles. The lowest BCUT2D eigenvalue weighted by Crippen LogP contribution is -2.19. The smallest absolute Gasteiger partial charge is 0.0743 e. The maximum atomic E-state index is 6.12. The fraction of sp³-hybridized carbons (Fsp3) is 0.357. The van der Waals surface area contributed by atoms with Gasteiger partial charge in [0.05, 0.1) is 21.5 Å². The summed E-state index contributed by atoms with van der Waals surface area (Å²) in [7, 11) is 0. The molecule has 1 heterocycles. The second kappa shape index (κ2) is 5.65. The van der Waals surface area contributed by atoms with Crippen LogP contribution in [0.25, 0.3) is 5.69 Å². The first-order valence-electron chi connectivity index (χ1n) is 6.16. The number of rotatable bonds is 3. The molecule has 19 heavy (non-hydrogen) atoms. The highest BCUT2D eigenvalue weighted by Crippen LogP contribution is 2.27. The topological polar surface area (TPSA) is 43.8 Å². The van der Waals surface area contributed by atoms with E-state index in [1.807, 2.05) is 43.7 Å². The highest BCUT2D eigenvalue weighted by molar-refractivity contribution is 9.10. The molecule has 0 aliphatic rings. The number of halogens is 2. The summed E-state index contributed by atoms with van der Waals surface area (Å²) in [5, 5.41) is 5.26. The standard InChI is InChI=1S/C14H17BrClN3/c1-8(17)6-11-4-5-12(16)7-13(11)19-10(3)14(15)9(2)18-19/h4-5,7-8H,6,17H2,1-3H3. The maximum absolute atomic E-state index is 6.12. The van der Waals surface area contributed by atoms with Crippen LogP contribution in [0.2, 0.25) is 5.02 Å². The Balaban J connectivity index is 2.59. The number of aryl methyl sites for hydroxylation is 1. The summed E-state index contributed by atoms with van der Waals surface area (Å²) >= 11 is 9.67. The summed E-state index contributed by atoms with van der Waals surface area (Å²) in [6.07, 6.45) is 0.794. The van der Waals surface area contributed by atoms with Crippen LogP contribution in [0.4, 0.5) is 0 Å². The second-order valence-corrected chi connectivity index (χ2v) is 6.08. The SMILES string of the molecule is Cc1nn(-c2cc(Cl)ccc2CC(C)N)c(C)c1Br. The molecule has 1 atom stereocenters. The van der Waals surface area contributed by atoms with Crippen molar-refractivity contribution in [2.45, 2.75) is 33.2 Å². The minimum Gasteiger partial charge on any atom is -0.328 e. The number of nitrogens with zero attached hydrogens (tertiary/aromatic N) is 2. The monoisotopic (exact) mass is 341 g/mol. The Bertz CT molecular complexity index is 605. The molecule has 0 bridgehead atoms. The Morgan fingerprint density at radius 1 is 1.42 bits per heavy atom. The fourth-order valence-electron chi connectivity index (χ4n) is 2.11. The summed E-state index contributed by atoms with van der Waals surface area (Å²) in [6, 6.07) is 5.94.